The van der Waals surface area contributed by atoms with Crippen molar-refractivity contribution in [3.8, 4) is 0 Å². The summed E-state index contributed by atoms with van der Waals surface area (Å²) in [5.74, 6) is 2.62. The molecule has 1 aliphatic rings. The second kappa shape index (κ2) is 3.87. The zero-order valence-electron chi connectivity index (χ0n) is 9.93. The number of rotatable bonds is 3. The van der Waals surface area contributed by atoms with Gasteiger partial charge in [0.15, 0.2) is 5.82 Å². The Bertz CT molecular complexity index is 540. The second-order valence-corrected chi connectivity index (χ2v) is 4.71. The van der Waals surface area contributed by atoms with Gasteiger partial charge in [0.25, 0.3) is 0 Å². The maximum atomic E-state index is 5.77. The van der Waals surface area contributed by atoms with Crippen molar-refractivity contribution in [1.29, 1.82) is 0 Å². The van der Waals surface area contributed by atoms with E-state index in [9.17, 15) is 0 Å². The summed E-state index contributed by atoms with van der Waals surface area (Å²) in [7, 11) is 1.96. The van der Waals surface area contributed by atoms with Crippen LogP contribution in [0.25, 0.3) is 0 Å². The average molecular weight is 228 g/mol. The van der Waals surface area contributed by atoms with Crippen molar-refractivity contribution in [2.75, 3.05) is 5.73 Å². The van der Waals surface area contributed by atoms with Gasteiger partial charge in [-0.1, -0.05) is 12.1 Å². The van der Waals surface area contributed by atoms with E-state index < -0.39 is 0 Å². The Kier molecular flexibility index (Phi) is 2.35. The van der Waals surface area contributed by atoms with Crippen molar-refractivity contribution in [2.24, 2.45) is 7.05 Å². The van der Waals surface area contributed by atoms with Crippen LogP contribution in [0, 0.1) is 0 Å². The lowest BCUT2D eigenvalue weighted by atomic mass is 10.1. The molecule has 0 bridgehead atoms. The number of aryl methyl sites for hydroxylation is 1. The molecule has 0 atom stereocenters. The largest absolute Gasteiger partial charge is 0.399 e. The Morgan fingerprint density at radius 1 is 1.41 bits per heavy atom. The highest BCUT2D eigenvalue weighted by molar-refractivity contribution is 5.41. The maximum Gasteiger partial charge on any atom is 0.154 e. The zero-order chi connectivity index (χ0) is 11.8. The molecule has 1 fully saturated rings. The molecule has 1 heterocycles. The molecular formula is C13H16N4. The molecule has 0 amide bonds. The third kappa shape index (κ3) is 2.16. The number of nitrogens with two attached hydrogens (primary N) is 1. The summed E-state index contributed by atoms with van der Waals surface area (Å²) in [6, 6.07) is 7.94. The van der Waals surface area contributed by atoms with Gasteiger partial charge >= 0.3 is 0 Å². The number of aromatic nitrogens is 3. The first-order valence-electron chi connectivity index (χ1n) is 5.96. The summed E-state index contributed by atoms with van der Waals surface area (Å²) >= 11 is 0. The lowest BCUT2D eigenvalue weighted by Gasteiger charge is -2.01. The second-order valence-electron chi connectivity index (χ2n) is 4.71. The molecule has 2 aromatic rings. The SMILES string of the molecule is Cn1nc(C2CC2)nc1Cc1cccc(N)c1. The zero-order valence-corrected chi connectivity index (χ0v) is 9.93. The van der Waals surface area contributed by atoms with Crippen LogP contribution in [0.4, 0.5) is 5.69 Å². The fraction of sp³-hybridized carbons (Fsp3) is 0.385. The molecule has 0 spiro atoms. The van der Waals surface area contributed by atoms with Crippen molar-refractivity contribution in [2.45, 2.75) is 25.2 Å². The summed E-state index contributed by atoms with van der Waals surface area (Å²) in [5.41, 5.74) is 7.75. The van der Waals surface area contributed by atoms with Gasteiger partial charge in [-0.15, -0.1) is 0 Å². The van der Waals surface area contributed by atoms with Crippen molar-refractivity contribution < 1.29 is 0 Å². The van der Waals surface area contributed by atoms with E-state index in [1.54, 1.807) is 0 Å². The number of nitrogens with zero attached hydrogens (tertiary/aromatic N) is 3. The molecule has 2 N–H and O–H groups in total. The first-order chi connectivity index (χ1) is 8.22. The molecule has 0 unspecified atom stereocenters. The van der Waals surface area contributed by atoms with Crippen LogP contribution in [-0.2, 0) is 13.5 Å². The summed E-state index contributed by atoms with van der Waals surface area (Å²) in [5, 5.41) is 4.47. The van der Waals surface area contributed by atoms with Crippen LogP contribution in [-0.4, -0.2) is 14.8 Å². The Balaban J connectivity index is 1.84. The smallest absolute Gasteiger partial charge is 0.154 e. The van der Waals surface area contributed by atoms with Crippen LogP contribution in [0.2, 0.25) is 0 Å². The molecular weight excluding hydrogens is 212 g/mol. The highest BCUT2D eigenvalue weighted by Gasteiger charge is 2.28. The molecule has 1 aromatic carbocycles. The minimum absolute atomic E-state index is 0.607. The molecule has 88 valence electrons. The van der Waals surface area contributed by atoms with Crippen molar-refractivity contribution in [1.82, 2.24) is 14.8 Å². The van der Waals surface area contributed by atoms with Gasteiger partial charge in [0.05, 0.1) is 0 Å². The Labute approximate surface area is 100 Å². The van der Waals surface area contributed by atoms with E-state index in [1.807, 2.05) is 29.9 Å². The predicted molar refractivity (Wildman–Crippen MR) is 66.6 cm³/mol. The molecule has 1 aliphatic carbocycles. The molecule has 0 aliphatic heterocycles. The van der Waals surface area contributed by atoms with Crippen LogP contribution in [0.1, 0.15) is 36.0 Å². The van der Waals surface area contributed by atoms with Gasteiger partial charge in [0, 0.05) is 25.1 Å². The van der Waals surface area contributed by atoms with Gasteiger partial charge in [0.2, 0.25) is 0 Å². The summed E-state index contributed by atoms with van der Waals surface area (Å²) in [6.07, 6.45) is 3.27. The topological polar surface area (TPSA) is 56.7 Å². The molecule has 0 radical (unpaired) electrons. The van der Waals surface area contributed by atoms with Crippen molar-refractivity contribution >= 4 is 5.69 Å². The minimum Gasteiger partial charge on any atom is -0.399 e. The number of hydrogen-bond acceptors (Lipinski definition) is 3. The van der Waals surface area contributed by atoms with E-state index in [4.69, 9.17) is 5.73 Å². The van der Waals surface area contributed by atoms with Gasteiger partial charge in [-0.2, -0.15) is 5.10 Å². The summed E-state index contributed by atoms with van der Waals surface area (Å²) in [4.78, 5) is 4.61. The fourth-order valence-corrected chi connectivity index (χ4v) is 1.99. The standard InChI is InChI=1S/C13H16N4/c1-17-12(15-13(16-17)10-5-6-10)8-9-3-2-4-11(14)7-9/h2-4,7,10H,5-6,8,14H2,1H3. The monoisotopic (exact) mass is 228 g/mol. The van der Waals surface area contributed by atoms with Gasteiger partial charge in [0.1, 0.15) is 5.82 Å². The van der Waals surface area contributed by atoms with Gasteiger partial charge in [-0.05, 0) is 30.5 Å². The number of anilines is 1. The van der Waals surface area contributed by atoms with E-state index in [2.05, 4.69) is 16.1 Å². The minimum atomic E-state index is 0.607. The van der Waals surface area contributed by atoms with Crippen molar-refractivity contribution in [3.05, 3.63) is 41.5 Å². The fourth-order valence-electron chi connectivity index (χ4n) is 1.99. The lowest BCUT2D eigenvalue weighted by Crippen LogP contribution is -2.00. The molecule has 4 nitrogen and oxygen atoms in total. The van der Waals surface area contributed by atoms with Crippen LogP contribution in [0.3, 0.4) is 0 Å². The highest BCUT2D eigenvalue weighted by Crippen LogP contribution is 2.38. The molecule has 17 heavy (non-hydrogen) atoms. The highest BCUT2D eigenvalue weighted by atomic mass is 15.3. The Hall–Kier alpha value is -1.84. The van der Waals surface area contributed by atoms with E-state index in [-0.39, 0.29) is 0 Å². The van der Waals surface area contributed by atoms with Gasteiger partial charge in [-0.25, -0.2) is 4.98 Å². The molecule has 3 rings (SSSR count). The van der Waals surface area contributed by atoms with Gasteiger partial charge in [-0.3, -0.25) is 4.68 Å². The van der Waals surface area contributed by atoms with Crippen LogP contribution in [0.5, 0.6) is 0 Å². The van der Waals surface area contributed by atoms with Crippen molar-refractivity contribution in [3.63, 3.8) is 0 Å². The number of benzene rings is 1. The third-order valence-electron chi connectivity index (χ3n) is 3.13. The van der Waals surface area contributed by atoms with Crippen LogP contribution >= 0.6 is 0 Å². The average Bonchev–Trinajstić information content (AvgIpc) is 3.06. The lowest BCUT2D eigenvalue weighted by molar-refractivity contribution is 0.706. The maximum absolute atomic E-state index is 5.77. The third-order valence-corrected chi connectivity index (χ3v) is 3.13. The quantitative estimate of drug-likeness (QED) is 0.816. The first-order valence-corrected chi connectivity index (χ1v) is 5.96. The van der Waals surface area contributed by atoms with E-state index in [0.29, 0.717) is 5.92 Å². The normalized spacial score (nSPS) is 15.1. The molecule has 1 saturated carbocycles. The van der Waals surface area contributed by atoms with E-state index in [1.165, 1.54) is 18.4 Å². The van der Waals surface area contributed by atoms with E-state index in [0.717, 1.165) is 23.8 Å². The molecule has 0 saturated heterocycles. The Morgan fingerprint density at radius 3 is 2.94 bits per heavy atom. The van der Waals surface area contributed by atoms with Crippen LogP contribution < -0.4 is 5.73 Å². The van der Waals surface area contributed by atoms with E-state index >= 15 is 0 Å². The molecule has 1 aromatic heterocycles. The predicted octanol–water partition coefficient (Wildman–Crippen LogP) is 1.87. The van der Waals surface area contributed by atoms with Gasteiger partial charge < -0.3 is 5.73 Å². The number of hydrogen-bond donors (Lipinski definition) is 1. The Morgan fingerprint density at radius 2 is 2.24 bits per heavy atom. The number of nitrogen functional groups attached to an aromatic ring is 1. The first kappa shape index (κ1) is 10.3. The summed E-state index contributed by atoms with van der Waals surface area (Å²) in [6.45, 7) is 0. The van der Waals surface area contributed by atoms with Crippen LogP contribution in [0.15, 0.2) is 24.3 Å². The molecule has 4 heteroatoms. The summed E-state index contributed by atoms with van der Waals surface area (Å²) < 4.78 is 1.89.